The van der Waals surface area contributed by atoms with Crippen LogP contribution in [0.3, 0.4) is 0 Å². The summed E-state index contributed by atoms with van der Waals surface area (Å²) in [4.78, 5) is 15.1. The van der Waals surface area contributed by atoms with E-state index in [1.54, 1.807) is 6.33 Å². The first kappa shape index (κ1) is 15.8. The van der Waals surface area contributed by atoms with Crippen molar-refractivity contribution in [3.8, 4) is 5.88 Å². The maximum atomic E-state index is 5.72. The Morgan fingerprint density at radius 2 is 1.77 bits per heavy atom. The summed E-state index contributed by atoms with van der Waals surface area (Å²) in [5, 5.41) is 0. The van der Waals surface area contributed by atoms with E-state index >= 15 is 0 Å². The second kappa shape index (κ2) is 7.40. The minimum absolute atomic E-state index is 0.154. The first-order valence-electron chi connectivity index (χ1n) is 7.43. The number of hydrogen-bond acceptors (Lipinski definition) is 5. The number of nitrogens with zero attached hydrogens (tertiary/aromatic N) is 3. The molecule has 1 aromatic carbocycles. The second-order valence-electron chi connectivity index (χ2n) is 4.45. The lowest BCUT2D eigenvalue weighted by Crippen LogP contribution is -2.02. The van der Waals surface area contributed by atoms with Crippen molar-refractivity contribution in [1.82, 2.24) is 19.9 Å². The minimum atomic E-state index is 0.154. The fraction of sp³-hybridized carbons (Fsp3) is 0.312. The van der Waals surface area contributed by atoms with Crippen LogP contribution in [0.15, 0.2) is 30.6 Å². The molecule has 6 nitrogen and oxygen atoms in total. The Balaban J connectivity index is 0.000000847. The van der Waals surface area contributed by atoms with E-state index in [4.69, 9.17) is 10.5 Å². The summed E-state index contributed by atoms with van der Waals surface area (Å²) in [6.07, 6.45) is 2.57. The number of aromatic amines is 1. The molecule has 0 bridgehead atoms. The van der Waals surface area contributed by atoms with Gasteiger partial charge in [0, 0.05) is 0 Å². The van der Waals surface area contributed by atoms with Gasteiger partial charge in [0.2, 0.25) is 11.8 Å². The van der Waals surface area contributed by atoms with Crippen molar-refractivity contribution in [2.45, 2.75) is 33.8 Å². The molecule has 0 amide bonds. The molecule has 0 saturated heterocycles. The average Bonchev–Trinajstić information content (AvgIpc) is 3.03. The molecule has 0 atom stereocenters. The highest BCUT2D eigenvalue weighted by molar-refractivity contribution is 5.76. The summed E-state index contributed by atoms with van der Waals surface area (Å²) in [5.74, 6) is 0.575. The van der Waals surface area contributed by atoms with Gasteiger partial charge in [0.25, 0.3) is 0 Å². The van der Waals surface area contributed by atoms with E-state index in [0.717, 1.165) is 12.0 Å². The SMILES string of the molecule is CC.CCc1ccc(COc2nc(N)nc3nc[nH]c23)cc1. The van der Waals surface area contributed by atoms with E-state index in [2.05, 4.69) is 39.0 Å². The Kier molecular flexibility index (Phi) is 5.30. The molecule has 0 aliphatic rings. The third-order valence-electron chi connectivity index (χ3n) is 3.08. The Hall–Kier alpha value is -2.63. The van der Waals surface area contributed by atoms with Crippen molar-refractivity contribution in [1.29, 1.82) is 0 Å². The van der Waals surface area contributed by atoms with Crippen LogP contribution in [0.25, 0.3) is 11.2 Å². The Labute approximate surface area is 129 Å². The van der Waals surface area contributed by atoms with E-state index < -0.39 is 0 Å². The molecule has 0 saturated carbocycles. The van der Waals surface area contributed by atoms with Gasteiger partial charge in [0.1, 0.15) is 12.1 Å². The number of H-pyrrole nitrogens is 1. The van der Waals surface area contributed by atoms with E-state index in [9.17, 15) is 0 Å². The third kappa shape index (κ3) is 3.52. The molecule has 0 radical (unpaired) electrons. The van der Waals surface area contributed by atoms with Crippen LogP contribution in [0, 0.1) is 0 Å². The molecule has 2 heterocycles. The van der Waals surface area contributed by atoms with Crippen LogP contribution in [0.2, 0.25) is 0 Å². The molecule has 0 fully saturated rings. The Morgan fingerprint density at radius 1 is 1.09 bits per heavy atom. The molecule has 2 aromatic heterocycles. The lowest BCUT2D eigenvalue weighted by Gasteiger charge is -2.07. The van der Waals surface area contributed by atoms with Crippen LogP contribution in [-0.4, -0.2) is 19.9 Å². The summed E-state index contributed by atoms with van der Waals surface area (Å²) < 4.78 is 5.72. The first-order chi connectivity index (χ1) is 10.8. The third-order valence-corrected chi connectivity index (χ3v) is 3.08. The summed E-state index contributed by atoms with van der Waals surface area (Å²) in [7, 11) is 0. The normalized spacial score (nSPS) is 10.1. The van der Waals surface area contributed by atoms with Gasteiger partial charge in [-0.1, -0.05) is 45.0 Å². The van der Waals surface area contributed by atoms with Gasteiger partial charge < -0.3 is 15.5 Å². The predicted molar refractivity (Wildman–Crippen MR) is 87.6 cm³/mol. The van der Waals surface area contributed by atoms with Crippen LogP contribution in [0.1, 0.15) is 31.9 Å². The van der Waals surface area contributed by atoms with Gasteiger partial charge >= 0.3 is 0 Å². The molecule has 0 spiro atoms. The van der Waals surface area contributed by atoms with Crippen molar-refractivity contribution in [2.24, 2.45) is 0 Å². The van der Waals surface area contributed by atoms with E-state index in [0.29, 0.717) is 23.7 Å². The Bertz CT molecular complexity index is 721. The maximum absolute atomic E-state index is 5.72. The molecular formula is C16H21N5O. The van der Waals surface area contributed by atoms with Crippen molar-refractivity contribution in [3.05, 3.63) is 41.7 Å². The summed E-state index contributed by atoms with van der Waals surface area (Å²) in [6.45, 7) is 6.55. The maximum Gasteiger partial charge on any atom is 0.245 e. The number of imidazole rings is 1. The summed E-state index contributed by atoms with van der Waals surface area (Å²) in [5.41, 5.74) is 9.18. The van der Waals surface area contributed by atoms with Crippen molar-refractivity contribution >= 4 is 17.1 Å². The zero-order chi connectivity index (χ0) is 15.9. The van der Waals surface area contributed by atoms with Gasteiger partial charge in [-0.15, -0.1) is 0 Å². The summed E-state index contributed by atoms with van der Waals surface area (Å²) >= 11 is 0. The topological polar surface area (TPSA) is 89.7 Å². The number of rotatable bonds is 4. The molecule has 3 rings (SSSR count). The van der Waals surface area contributed by atoms with Gasteiger partial charge in [-0.05, 0) is 17.5 Å². The van der Waals surface area contributed by atoms with Crippen LogP contribution in [-0.2, 0) is 13.0 Å². The van der Waals surface area contributed by atoms with E-state index in [1.165, 1.54) is 5.56 Å². The molecule has 3 N–H and O–H groups in total. The second-order valence-corrected chi connectivity index (χ2v) is 4.45. The summed E-state index contributed by atoms with van der Waals surface area (Å²) in [6, 6.07) is 8.29. The van der Waals surface area contributed by atoms with Gasteiger partial charge in [0.05, 0.1) is 6.33 Å². The highest BCUT2D eigenvalue weighted by Crippen LogP contribution is 2.20. The number of nitrogens with one attached hydrogen (secondary N) is 1. The molecule has 0 unspecified atom stereocenters. The standard InChI is InChI=1S/C14H15N5O.C2H6/c1-2-9-3-5-10(6-4-9)7-20-13-11-12(17-8-16-11)18-14(15)19-13;1-2/h3-6,8H,2,7H2,1H3,(H3,15,16,17,18,19);1-2H3. The van der Waals surface area contributed by atoms with Crippen LogP contribution < -0.4 is 10.5 Å². The van der Waals surface area contributed by atoms with Crippen LogP contribution >= 0.6 is 0 Å². The number of ether oxygens (including phenoxy) is 1. The van der Waals surface area contributed by atoms with E-state index in [-0.39, 0.29) is 5.95 Å². The molecule has 0 aliphatic heterocycles. The smallest absolute Gasteiger partial charge is 0.245 e. The Morgan fingerprint density at radius 3 is 2.45 bits per heavy atom. The highest BCUT2D eigenvalue weighted by atomic mass is 16.5. The van der Waals surface area contributed by atoms with Gasteiger partial charge in [-0.3, -0.25) is 0 Å². The molecule has 22 heavy (non-hydrogen) atoms. The number of hydrogen-bond donors (Lipinski definition) is 2. The lowest BCUT2D eigenvalue weighted by atomic mass is 10.1. The average molecular weight is 299 g/mol. The predicted octanol–water partition coefficient (Wildman–Crippen LogP) is 3.10. The molecule has 116 valence electrons. The zero-order valence-electron chi connectivity index (χ0n) is 13.1. The lowest BCUT2D eigenvalue weighted by molar-refractivity contribution is 0.297. The molecular weight excluding hydrogens is 278 g/mol. The van der Waals surface area contributed by atoms with Crippen molar-refractivity contribution in [2.75, 3.05) is 5.73 Å². The fourth-order valence-electron chi connectivity index (χ4n) is 1.95. The highest BCUT2D eigenvalue weighted by Gasteiger charge is 2.09. The molecule has 6 heteroatoms. The molecule has 0 aliphatic carbocycles. The fourth-order valence-corrected chi connectivity index (χ4v) is 1.95. The van der Waals surface area contributed by atoms with Gasteiger partial charge in [-0.25, -0.2) is 4.98 Å². The van der Waals surface area contributed by atoms with Crippen molar-refractivity contribution in [3.63, 3.8) is 0 Å². The van der Waals surface area contributed by atoms with Gasteiger partial charge in [-0.2, -0.15) is 9.97 Å². The van der Waals surface area contributed by atoms with E-state index in [1.807, 2.05) is 26.0 Å². The van der Waals surface area contributed by atoms with Crippen LogP contribution in [0.4, 0.5) is 5.95 Å². The minimum Gasteiger partial charge on any atom is -0.471 e. The molecule has 3 aromatic rings. The number of nitrogen functional groups attached to an aromatic ring is 1. The first-order valence-corrected chi connectivity index (χ1v) is 7.43. The largest absolute Gasteiger partial charge is 0.471 e. The monoisotopic (exact) mass is 299 g/mol. The number of aryl methyl sites for hydroxylation is 1. The number of benzene rings is 1. The number of anilines is 1. The zero-order valence-corrected chi connectivity index (χ0v) is 13.1. The number of nitrogens with two attached hydrogens (primary N) is 1. The number of fused-ring (bicyclic) bond motifs is 1. The van der Waals surface area contributed by atoms with Crippen LogP contribution in [0.5, 0.6) is 5.88 Å². The van der Waals surface area contributed by atoms with Gasteiger partial charge in [0.15, 0.2) is 5.65 Å². The quantitative estimate of drug-likeness (QED) is 0.772. The number of aromatic nitrogens is 4. The van der Waals surface area contributed by atoms with Crippen molar-refractivity contribution < 1.29 is 4.74 Å².